The van der Waals surface area contributed by atoms with Crippen LogP contribution < -0.4 is 0 Å². The zero-order valence-corrected chi connectivity index (χ0v) is 10.0. The molecule has 1 aromatic rings. The standard InChI is InChI=1S/C14H18N2O/c17-14(11-4-1-5-11)16-9-3-7-13(16)12-6-2-8-15-10-12/h2,6,8,10-11,13H,1,3-5,7,9H2. The topological polar surface area (TPSA) is 33.2 Å². The van der Waals surface area contributed by atoms with Crippen molar-refractivity contribution in [3.05, 3.63) is 30.1 Å². The summed E-state index contributed by atoms with van der Waals surface area (Å²) in [6, 6.07) is 4.32. The highest BCUT2D eigenvalue weighted by molar-refractivity contribution is 5.80. The van der Waals surface area contributed by atoms with Crippen molar-refractivity contribution in [3.63, 3.8) is 0 Å². The Morgan fingerprint density at radius 2 is 2.18 bits per heavy atom. The van der Waals surface area contributed by atoms with Gasteiger partial charge < -0.3 is 4.90 Å². The molecule has 3 heteroatoms. The maximum Gasteiger partial charge on any atom is 0.226 e. The second-order valence-electron chi connectivity index (χ2n) is 5.10. The van der Waals surface area contributed by atoms with Gasteiger partial charge in [-0.05, 0) is 37.3 Å². The fourth-order valence-corrected chi connectivity index (χ4v) is 2.84. The number of amides is 1. The fourth-order valence-electron chi connectivity index (χ4n) is 2.84. The molecule has 17 heavy (non-hydrogen) atoms. The van der Waals surface area contributed by atoms with E-state index in [0.717, 1.165) is 32.2 Å². The Hall–Kier alpha value is -1.38. The van der Waals surface area contributed by atoms with Crippen LogP contribution in [-0.4, -0.2) is 22.3 Å². The maximum atomic E-state index is 12.3. The van der Waals surface area contributed by atoms with Gasteiger partial charge in [0.15, 0.2) is 0 Å². The van der Waals surface area contributed by atoms with Crippen LogP contribution in [0.5, 0.6) is 0 Å². The Bertz CT molecular complexity index is 400. The third-order valence-corrected chi connectivity index (χ3v) is 4.06. The lowest BCUT2D eigenvalue weighted by atomic mass is 9.84. The number of pyridine rings is 1. The van der Waals surface area contributed by atoms with Crippen molar-refractivity contribution in [2.75, 3.05) is 6.54 Å². The number of rotatable bonds is 2. The molecular formula is C14H18N2O. The summed E-state index contributed by atoms with van der Waals surface area (Å²) >= 11 is 0. The molecule has 0 bridgehead atoms. The zero-order valence-electron chi connectivity index (χ0n) is 10.0. The largest absolute Gasteiger partial charge is 0.335 e. The van der Waals surface area contributed by atoms with Crippen LogP contribution in [0.4, 0.5) is 0 Å². The van der Waals surface area contributed by atoms with Gasteiger partial charge in [-0.1, -0.05) is 12.5 Å². The van der Waals surface area contributed by atoms with E-state index in [0.29, 0.717) is 11.8 Å². The van der Waals surface area contributed by atoms with Gasteiger partial charge in [-0.2, -0.15) is 0 Å². The van der Waals surface area contributed by atoms with Crippen molar-refractivity contribution in [2.45, 2.75) is 38.1 Å². The number of carbonyl (C=O) groups excluding carboxylic acids is 1. The Kier molecular flexibility index (Phi) is 2.83. The minimum absolute atomic E-state index is 0.275. The number of nitrogens with zero attached hydrogens (tertiary/aromatic N) is 2. The highest BCUT2D eigenvalue weighted by Crippen LogP contribution is 2.36. The van der Waals surface area contributed by atoms with Gasteiger partial charge in [0, 0.05) is 24.9 Å². The molecule has 2 fully saturated rings. The van der Waals surface area contributed by atoms with E-state index in [-0.39, 0.29) is 6.04 Å². The van der Waals surface area contributed by atoms with Gasteiger partial charge >= 0.3 is 0 Å². The molecule has 3 nitrogen and oxygen atoms in total. The van der Waals surface area contributed by atoms with Crippen LogP contribution in [0.25, 0.3) is 0 Å². The summed E-state index contributed by atoms with van der Waals surface area (Å²) in [6.07, 6.45) is 9.31. The summed E-state index contributed by atoms with van der Waals surface area (Å²) in [4.78, 5) is 18.6. The van der Waals surface area contributed by atoms with E-state index in [1.165, 1.54) is 12.0 Å². The number of hydrogen-bond donors (Lipinski definition) is 0. The van der Waals surface area contributed by atoms with Crippen LogP contribution >= 0.6 is 0 Å². The van der Waals surface area contributed by atoms with Gasteiger partial charge in [0.05, 0.1) is 6.04 Å². The van der Waals surface area contributed by atoms with Gasteiger partial charge in [-0.3, -0.25) is 9.78 Å². The second kappa shape index (κ2) is 4.47. The molecule has 0 spiro atoms. The summed E-state index contributed by atoms with van der Waals surface area (Å²) in [5, 5.41) is 0. The van der Waals surface area contributed by atoms with Crippen molar-refractivity contribution in [2.24, 2.45) is 5.92 Å². The molecular weight excluding hydrogens is 212 g/mol. The molecule has 1 saturated heterocycles. The second-order valence-corrected chi connectivity index (χ2v) is 5.10. The predicted octanol–water partition coefficient (Wildman–Crippen LogP) is 2.55. The number of carbonyl (C=O) groups is 1. The normalized spacial score (nSPS) is 24.7. The monoisotopic (exact) mass is 230 g/mol. The molecule has 0 N–H and O–H groups in total. The lowest BCUT2D eigenvalue weighted by Gasteiger charge is -2.32. The summed E-state index contributed by atoms with van der Waals surface area (Å²) in [5.41, 5.74) is 1.19. The minimum Gasteiger partial charge on any atom is -0.335 e. The first-order valence-electron chi connectivity index (χ1n) is 6.56. The van der Waals surface area contributed by atoms with Crippen molar-refractivity contribution >= 4 is 5.91 Å². The molecule has 1 unspecified atom stereocenters. The summed E-state index contributed by atoms with van der Waals surface area (Å²) < 4.78 is 0. The maximum absolute atomic E-state index is 12.3. The van der Waals surface area contributed by atoms with Gasteiger partial charge in [0.2, 0.25) is 5.91 Å². The highest BCUT2D eigenvalue weighted by Gasteiger charge is 2.36. The first-order chi connectivity index (χ1) is 8.36. The third kappa shape index (κ3) is 1.94. The van der Waals surface area contributed by atoms with E-state index in [4.69, 9.17) is 0 Å². The van der Waals surface area contributed by atoms with Crippen LogP contribution in [0, 0.1) is 5.92 Å². The third-order valence-electron chi connectivity index (χ3n) is 4.06. The highest BCUT2D eigenvalue weighted by atomic mass is 16.2. The Morgan fingerprint density at radius 3 is 2.82 bits per heavy atom. The van der Waals surface area contributed by atoms with Crippen LogP contribution in [0.1, 0.15) is 43.7 Å². The van der Waals surface area contributed by atoms with Crippen LogP contribution in [0.15, 0.2) is 24.5 Å². The lowest BCUT2D eigenvalue weighted by Crippen LogP contribution is -2.38. The molecule has 90 valence electrons. The summed E-state index contributed by atoms with van der Waals surface area (Å²) in [6.45, 7) is 0.925. The summed E-state index contributed by atoms with van der Waals surface area (Å²) in [5.74, 6) is 0.690. The molecule has 2 heterocycles. The molecule has 1 aliphatic carbocycles. The van der Waals surface area contributed by atoms with Crippen LogP contribution in [0.3, 0.4) is 0 Å². The molecule has 1 atom stereocenters. The van der Waals surface area contributed by atoms with Crippen LogP contribution in [0.2, 0.25) is 0 Å². The minimum atomic E-state index is 0.275. The van der Waals surface area contributed by atoms with E-state index < -0.39 is 0 Å². The molecule has 1 amide bonds. The molecule has 1 saturated carbocycles. The molecule has 1 aliphatic heterocycles. The van der Waals surface area contributed by atoms with E-state index >= 15 is 0 Å². The van der Waals surface area contributed by atoms with E-state index in [2.05, 4.69) is 16.0 Å². The number of hydrogen-bond acceptors (Lipinski definition) is 2. The first kappa shape index (κ1) is 10.8. The van der Waals surface area contributed by atoms with Gasteiger partial charge in [0.1, 0.15) is 0 Å². The fraction of sp³-hybridized carbons (Fsp3) is 0.571. The average Bonchev–Trinajstić information content (AvgIpc) is 2.76. The van der Waals surface area contributed by atoms with E-state index in [9.17, 15) is 4.79 Å². The van der Waals surface area contributed by atoms with Crippen LogP contribution in [-0.2, 0) is 4.79 Å². The molecule has 1 aromatic heterocycles. The Balaban J connectivity index is 1.77. The zero-order chi connectivity index (χ0) is 11.7. The first-order valence-corrected chi connectivity index (χ1v) is 6.56. The molecule has 0 radical (unpaired) electrons. The number of likely N-dealkylation sites (tertiary alicyclic amines) is 1. The average molecular weight is 230 g/mol. The van der Waals surface area contributed by atoms with Crippen molar-refractivity contribution in [1.29, 1.82) is 0 Å². The van der Waals surface area contributed by atoms with E-state index in [1.54, 1.807) is 6.20 Å². The SMILES string of the molecule is O=C(C1CCC1)N1CCCC1c1cccnc1. The van der Waals surface area contributed by atoms with E-state index in [1.807, 2.05) is 12.3 Å². The smallest absolute Gasteiger partial charge is 0.226 e. The number of aromatic nitrogens is 1. The molecule has 2 aliphatic rings. The van der Waals surface area contributed by atoms with Crippen molar-refractivity contribution in [1.82, 2.24) is 9.88 Å². The quantitative estimate of drug-likeness (QED) is 0.782. The predicted molar refractivity (Wildman–Crippen MR) is 65.3 cm³/mol. The van der Waals surface area contributed by atoms with Crippen molar-refractivity contribution in [3.8, 4) is 0 Å². The van der Waals surface area contributed by atoms with Gasteiger partial charge in [-0.15, -0.1) is 0 Å². The Morgan fingerprint density at radius 1 is 1.29 bits per heavy atom. The molecule has 0 aromatic carbocycles. The van der Waals surface area contributed by atoms with Gasteiger partial charge in [-0.25, -0.2) is 0 Å². The Labute approximate surface area is 102 Å². The molecule has 3 rings (SSSR count). The summed E-state index contributed by atoms with van der Waals surface area (Å²) in [7, 11) is 0. The lowest BCUT2D eigenvalue weighted by molar-refractivity contribution is -0.139. The van der Waals surface area contributed by atoms with Crippen molar-refractivity contribution < 1.29 is 4.79 Å². The van der Waals surface area contributed by atoms with Gasteiger partial charge in [0.25, 0.3) is 0 Å².